The molecule has 0 spiro atoms. The van der Waals surface area contributed by atoms with Gasteiger partial charge in [-0.25, -0.2) is 4.79 Å². The number of methoxy groups -OCH3 is 1. The van der Waals surface area contributed by atoms with Crippen molar-refractivity contribution in [3.8, 4) is 0 Å². The fourth-order valence-electron chi connectivity index (χ4n) is 0.794. The number of carboxylic acids is 1. The molecule has 0 aliphatic rings. The third kappa shape index (κ3) is 4.74. The van der Waals surface area contributed by atoms with Crippen molar-refractivity contribution in [3.63, 3.8) is 0 Å². The maximum Gasteiger partial charge on any atom is 0.326 e. The molecule has 0 aromatic carbocycles. The van der Waals surface area contributed by atoms with E-state index in [4.69, 9.17) is 10.8 Å². The van der Waals surface area contributed by atoms with Crippen molar-refractivity contribution >= 4 is 17.8 Å². The standard InChI is InChI=1S/C9H16N2O5/c1-9(2,10)8(15)11-5(7(13)14)4-6(12)16-3/h5H,4,10H2,1-3H3,(H,11,15)(H,13,14)/t5-/m0/s1. The number of nitrogens with two attached hydrogens (primary N) is 1. The van der Waals surface area contributed by atoms with E-state index < -0.39 is 35.8 Å². The molecule has 7 heteroatoms. The third-order valence-corrected chi connectivity index (χ3v) is 1.79. The highest BCUT2D eigenvalue weighted by Crippen LogP contribution is 2.01. The van der Waals surface area contributed by atoms with Crippen molar-refractivity contribution in [1.29, 1.82) is 0 Å². The maximum atomic E-state index is 11.4. The number of aliphatic carboxylic acids is 1. The van der Waals surface area contributed by atoms with Crippen LogP contribution in [0.4, 0.5) is 0 Å². The summed E-state index contributed by atoms with van der Waals surface area (Å²) in [5.74, 6) is -2.69. The van der Waals surface area contributed by atoms with Crippen LogP contribution in [0.15, 0.2) is 0 Å². The van der Waals surface area contributed by atoms with Crippen LogP contribution in [0.1, 0.15) is 20.3 Å². The molecule has 1 atom stereocenters. The van der Waals surface area contributed by atoms with Crippen molar-refractivity contribution < 1.29 is 24.2 Å². The molecule has 0 aliphatic carbocycles. The molecule has 0 saturated carbocycles. The molecule has 0 heterocycles. The summed E-state index contributed by atoms with van der Waals surface area (Å²) in [4.78, 5) is 33.0. The van der Waals surface area contributed by atoms with Gasteiger partial charge in [-0.2, -0.15) is 0 Å². The number of amides is 1. The van der Waals surface area contributed by atoms with Gasteiger partial charge in [0.25, 0.3) is 0 Å². The molecule has 0 aliphatic heterocycles. The lowest BCUT2D eigenvalue weighted by Gasteiger charge is -2.21. The molecule has 0 aromatic heterocycles. The molecular formula is C9H16N2O5. The minimum atomic E-state index is -1.33. The van der Waals surface area contributed by atoms with E-state index in [0.29, 0.717) is 0 Å². The lowest BCUT2D eigenvalue weighted by Crippen LogP contribution is -2.54. The Kier molecular flexibility index (Phi) is 4.90. The topological polar surface area (TPSA) is 119 Å². The average Bonchev–Trinajstić information content (AvgIpc) is 2.14. The molecule has 0 fully saturated rings. The summed E-state index contributed by atoms with van der Waals surface area (Å²) in [5, 5.41) is 10.9. The van der Waals surface area contributed by atoms with Gasteiger partial charge in [-0.1, -0.05) is 0 Å². The fourth-order valence-corrected chi connectivity index (χ4v) is 0.794. The van der Waals surface area contributed by atoms with Gasteiger partial charge < -0.3 is 20.9 Å². The van der Waals surface area contributed by atoms with Gasteiger partial charge in [-0.15, -0.1) is 0 Å². The second kappa shape index (κ2) is 5.45. The highest BCUT2D eigenvalue weighted by Gasteiger charge is 2.29. The lowest BCUT2D eigenvalue weighted by molar-refractivity contribution is -0.149. The quantitative estimate of drug-likeness (QED) is 0.515. The van der Waals surface area contributed by atoms with Gasteiger partial charge in [0.15, 0.2) is 0 Å². The van der Waals surface area contributed by atoms with Gasteiger partial charge >= 0.3 is 11.9 Å². The molecule has 4 N–H and O–H groups in total. The SMILES string of the molecule is COC(=O)C[C@H](NC(=O)C(C)(C)N)C(=O)O. The molecule has 0 unspecified atom stereocenters. The van der Waals surface area contributed by atoms with Crippen LogP contribution in [0, 0.1) is 0 Å². The van der Waals surface area contributed by atoms with E-state index in [1.807, 2.05) is 0 Å². The number of hydrogen-bond donors (Lipinski definition) is 3. The number of rotatable bonds is 5. The predicted molar refractivity (Wildman–Crippen MR) is 54.5 cm³/mol. The summed E-state index contributed by atoms with van der Waals surface area (Å²) in [6.45, 7) is 2.86. The minimum absolute atomic E-state index is 0.437. The Bertz CT molecular complexity index is 295. The normalized spacial score (nSPS) is 12.8. The highest BCUT2D eigenvalue weighted by molar-refractivity contribution is 5.91. The van der Waals surface area contributed by atoms with E-state index >= 15 is 0 Å². The number of carbonyl (C=O) groups is 3. The number of nitrogens with one attached hydrogen (secondary N) is 1. The van der Waals surface area contributed by atoms with Crippen LogP contribution >= 0.6 is 0 Å². The van der Waals surface area contributed by atoms with Crippen LogP contribution < -0.4 is 11.1 Å². The monoisotopic (exact) mass is 232 g/mol. The zero-order valence-corrected chi connectivity index (χ0v) is 9.44. The summed E-state index contributed by atoms with van der Waals surface area (Å²) in [7, 11) is 1.13. The summed E-state index contributed by atoms with van der Waals surface area (Å²) < 4.78 is 4.31. The first-order valence-corrected chi connectivity index (χ1v) is 4.58. The van der Waals surface area contributed by atoms with Crippen LogP contribution in [-0.2, 0) is 19.1 Å². The van der Waals surface area contributed by atoms with Gasteiger partial charge in [-0.3, -0.25) is 9.59 Å². The Balaban J connectivity index is 4.53. The third-order valence-electron chi connectivity index (χ3n) is 1.79. The Labute approximate surface area is 92.9 Å². The molecule has 0 rings (SSSR count). The molecule has 0 radical (unpaired) electrons. The Hall–Kier alpha value is -1.63. The molecule has 0 saturated heterocycles. The van der Waals surface area contributed by atoms with Crippen LogP contribution in [0.3, 0.4) is 0 Å². The number of ether oxygens (including phenoxy) is 1. The van der Waals surface area contributed by atoms with Crippen LogP contribution in [0.5, 0.6) is 0 Å². The van der Waals surface area contributed by atoms with E-state index in [1.54, 1.807) is 0 Å². The second-order valence-corrected chi connectivity index (χ2v) is 3.87. The summed E-state index contributed by atoms with van der Waals surface area (Å²) in [5.41, 5.74) is 4.27. The second-order valence-electron chi connectivity index (χ2n) is 3.87. The smallest absolute Gasteiger partial charge is 0.326 e. The molecular weight excluding hydrogens is 216 g/mol. The summed E-state index contributed by atoms with van der Waals surface area (Å²) in [6, 6.07) is -1.33. The highest BCUT2D eigenvalue weighted by atomic mass is 16.5. The van der Waals surface area contributed by atoms with Crippen LogP contribution in [-0.4, -0.2) is 41.6 Å². The van der Waals surface area contributed by atoms with Crippen molar-refractivity contribution in [2.75, 3.05) is 7.11 Å². The largest absolute Gasteiger partial charge is 0.480 e. The fraction of sp³-hybridized carbons (Fsp3) is 0.667. The number of hydrogen-bond acceptors (Lipinski definition) is 5. The first kappa shape index (κ1) is 14.4. The molecule has 7 nitrogen and oxygen atoms in total. The zero-order chi connectivity index (χ0) is 12.9. The van der Waals surface area contributed by atoms with Crippen LogP contribution in [0.25, 0.3) is 0 Å². The number of carbonyl (C=O) groups excluding carboxylic acids is 2. The van der Waals surface area contributed by atoms with Crippen molar-refractivity contribution in [2.24, 2.45) is 5.73 Å². The van der Waals surface area contributed by atoms with E-state index in [-0.39, 0.29) is 0 Å². The Morgan fingerprint density at radius 3 is 2.25 bits per heavy atom. The van der Waals surface area contributed by atoms with Crippen molar-refractivity contribution in [1.82, 2.24) is 5.32 Å². The van der Waals surface area contributed by atoms with E-state index in [9.17, 15) is 14.4 Å². The first-order chi connectivity index (χ1) is 7.18. The Morgan fingerprint density at radius 1 is 1.44 bits per heavy atom. The lowest BCUT2D eigenvalue weighted by atomic mass is 10.1. The summed E-state index contributed by atoms with van der Waals surface area (Å²) >= 11 is 0. The maximum absolute atomic E-state index is 11.4. The number of esters is 1. The predicted octanol–water partition coefficient (Wildman–Crippen LogP) is -1.14. The number of carboxylic acid groups (broad SMARTS) is 1. The van der Waals surface area contributed by atoms with Gasteiger partial charge in [0.05, 0.1) is 19.1 Å². The average molecular weight is 232 g/mol. The van der Waals surface area contributed by atoms with Gasteiger partial charge in [0.1, 0.15) is 6.04 Å². The first-order valence-electron chi connectivity index (χ1n) is 4.58. The van der Waals surface area contributed by atoms with Gasteiger partial charge in [0.2, 0.25) is 5.91 Å². The van der Waals surface area contributed by atoms with E-state index in [2.05, 4.69) is 10.1 Å². The van der Waals surface area contributed by atoms with Crippen molar-refractivity contribution in [3.05, 3.63) is 0 Å². The Morgan fingerprint density at radius 2 is 1.94 bits per heavy atom. The zero-order valence-electron chi connectivity index (χ0n) is 9.44. The minimum Gasteiger partial charge on any atom is -0.480 e. The molecule has 0 aromatic rings. The molecule has 16 heavy (non-hydrogen) atoms. The van der Waals surface area contributed by atoms with Gasteiger partial charge in [-0.05, 0) is 13.8 Å². The summed E-state index contributed by atoms with van der Waals surface area (Å²) in [6.07, 6.45) is -0.437. The van der Waals surface area contributed by atoms with Crippen molar-refractivity contribution in [2.45, 2.75) is 31.8 Å². The van der Waals surface area contributed by atoms with Gasteiger partial charge in [0, 0.05) is 0 Å². The molecule has 0 bridgehead atoms. The van der Waals surface area contributed by atoms with E-state index in [0.717, 1.165) is 7.11 Å². The molecule has 1 amide bonds. The molecule has 92 valence electrons. The van der Waals surface area contributed by atoms with Crippen LogP contribution in [0.2, 0.25) is 0 Å². The van der Waals surface area contributed by atoms with E-state index in [1.165, 1.54) is 13.8 Å².